The molecule has 2 aromatic heterocycles. The molecule has 1 N–H and O–H groups in total. The molecule has 0 spiro atoms. The summed E-state index contributed by atoms with van der Waals surface area (Å²) < 4.78 is 5.26. The van der Waals surface area contributed by atoms with E-state index in [1.165, 1.54) is 6.92 Å². The summed E-state index contributed by atoms with van der Waals surface area (Å²) in [5, 5.41) is 9.81. The molecule has 7 nitrogen and oxygen atoms in total. The van der Waals surface area contributed by atoms with Crippen molar-refractivity contribution in [2.45, 2.75) is 46.1 Å². The predicted octanol–water partition coefficient (Wildman–Crippen LogP) is 2.73. The zero-order chi connectivity index (χ0) is 18.7. The van der Waals surface area contributed by atoms with Gasteiger partial charge in [-0.15, -0.1) is 11.3 Å². The molecule has 0 radical (unpaired) electrons. The van der Waals surface area contributed by atoms with Gasteiger partial charge in [-0.3, -0.25) is 9.59 Å². The first-order valence-electron chi connectivity index (χ1n) is 8.92. The number of carbonyl (C=O) groups excluding carboxylic acids is 2. The average Bonchev–Trinajstić information content (AvgIpc) is 3.28. The van der Waals surface area contributed by atoms with Gasteiger partial charge in [-0.05, 0) is 25.7 Å². The Morgan fingerprint density at radius 1 is 1.42 bits per heavy atom. The van der Waals surface area contributed by atoms with E-state index in [2.05, 4.69) is 15.5 Å². The first kappa shape index (κ1) is 18.6. The molecule has 1 atom stereocenters. The second-order valence-electron chi connectivity index (χ2n) is 6.60. The molecule has 0 aromatic carbocycles. The molecule has 1 saturated heterocycles. The molecule has 1 unspecified atom stereocenters. The Kier molecular flexibility index (Phi) is 5.70. The van der Waals surface area contributed by atoms with E-state index in [0.29, 0.717) is 36.5 Å². The molecule has 1 aliphatic heterocycles. The van der Waals surface area contributed by atoms with Crippen molar-refractivity contribution in [2.24, 2.45) is 5.92 Å². The third kappa shape index (κ3) is 3.80. The zero-order valence-electron chi connectivity index (χ0n) is 15.3. The Bertz CT molecular complexity index is 764. The van der Waals surface area contributed by atoms with E-state index >= 15 is 0 Å². The van der Waals surface area contributed by atoms with Crippen LogP contribution in [0.15, 0.2) is 16.1 Å². The zero-order valence-corrected chi connectivity index (χ0v) is 16.1. The molecule has 1 aliphatic rings. The number of nitrogens with one attached hydrogen (secondary N) is 1. The number of nitrogens with zero attached hydrogens (tertiary/aromatic N) is 3. The van der Waals surface area contributed by atoms with Crippen LogP contribution < -0.4 is 5.32 Å². The van der Waals surface area contributed by atoms with Crippen LogP contribution in [0.1, 0.15) is 59.6 Å². The van der Waals surface area contributed by atoms with Crippen LogP contribution in [0.2, 0.25) is 0 Å². The lowest BCUT2D eigenvalue weighted by Gasteiger charge is -2.35. The van der Waals surface area contributed by atoms with Crippen molar-refractivity contribution in [3.8, 4) is 0 Å². The van der Waals surface area contributed by atoms with Gasteiger partial charge in [-0.1, -0.05) is 12.1 Å². The first-order chi connectivity index (χ1) is 12.5. The fourth-order valence-electron chi connectivity index (χ4n) is 3.51. The topological polar surface area (TPSA) is 88.3 Å². The number of hydrogen-bond acceptors (Lipinski definition) is 6. The van der Waals surface area contributed by atoms with E-state index in [4.69, 9.17) is 4.52 Å². The summed E-state index contributed by atoms with van der Waals surface area (Å²) in [7, 11) is 0. The van der Waals surface area contributed by atoms with Crippen LogP contribution in [0.25, 0.3) is 0 Å². The summed E-state index contributed by atoms with van der Waals surface area (Å²) in [6.45, 7) is 6.59. The van der Waals surface area contributed by atoms with Crippen LogP contribution in [0.3, 0.4) is 0 Å². The van der Waals surface area contributed by atoms with E-state index < -0.39 is 0 Å². The lowest BCUT2D eigenvalue weighted by Crippen LogP contribution is -2.43. The van der Waals surface area contributed by atoms with Crippen molar-refractivity contribution in [2.75, 3.05) is 13.1 Å². The molecule has 3 heterocycles. The van der Waals surface area contributed by atoms with Crippen LogP contribution >= 0.6 is 11.3 Å². The van der Waals surface area contributed by atoms with E-state index in [-0.39, 0.29) is 23.8 Å². The summed E-state index contributed by atoms with van der Waals surface area (Å²) in [5.41, 5.74) is 1.25. The van der Waals surface area contributed by atoms with Crippen LogP contribution in [0, 0.1) is 12.8 Å². The van der Waals surface area contributed by atoms with Gasteiger partial charge in [0.15, 0.2) is 0 Å². The fourth-order valence-corrected chi connectivity index (χ4v) is 4.30. The molecule has 2 amide bonds. The molecule has 0 aliphatic carbocycles. The van der Waals surface area contributed by atoms with Gasteiger partial charge in [-0.25, -0.2) is 4.98 Å². The lowest BCUT2D eigenvalue weighted by molar-refractivity contribution is -0.120. The molecule has 1 fully saturated rings. The maximum Gasteiger partial charge on any atom is 0.259 e. The Morgan fingerprint density at radius 3 is 2.73 bits per heavy atom. The van der Waals surface area contributed by atoms with Crippen molar-refractivity contribution in [3.05, 3.63) is 33.6 Å². The maximum absolute atomic E-state index is 12.9. The molecule has 2 aromatic rings. The number of rotatable bonds is 5. The highest BCUT2D eigenvalue weighted by molar-refractivity contribution is 7.09. The Balaban J connectivity index is 1.69. The number of likely N-dealkylation sites (tertiary alicyclic amines) is 1. The van der Waals surface area contributed by atoms with Gasteiger partial charge in [0.25, 0.3) is 5.91 Å². The molecule has 0 bridgehead atoms. The van der Waals surface area contributed by atoms with Gasteiger partial charge in [0.1, 0.15) is 16.3 Å². The number of piperidine rings is 1. The molecular weight excluding hydrogens is 352 g/mol. The number of aryl methyl sites for hydroxylation is 2. The van der Waals surface area contributed by atoms with Crippen LogP contribution in [-0.2, 0) is 11.2 Å². The normalized spacial score (nSPS) is 16.5. The Morgan fingerprint density at radius 2 is 2.15 bits per heavy atom. The van der Waals surface area contributed by atoms with Crippen LogP contribution in [-0.4, -0.2) is 39.9 Å². The fraction of sp³-hybridized carbons (Fsp3) is 0.556. The van der Waals surface area contributed by atoms with Crippen molar-refractivity contribution in [1.82, 2.24) is 20.4 Å². The number of carbonyl (C=O) groups is 2. The maximum atomic E-state index is 12.9. The number of amides is 2. The minimum Gasteiger partial charge on any atom is -0.360 e. The summed E-state index contributed by atoms with van der Waals surface area (Å²) in [6, 6.07) is -0.0896. The quantitative estimate of drug-likeness (QED) is 0.867. The SMILES string of the molecule is CCc1onc(C)c1C(=O)N1CCC(C(NC(C)=O)c2nccs2)CC1. The predicted molar refractivity (Wildman–Crippen MR) is 97.9 cm³/mol. The van der Waals surface area contributed by atoms with Gasteiger partial charge in [0.05, 0.1) is 11.7 Å². The highest BCUT2D eigenvalue weighted by Crippen LogP contribution is 2.32. The largest absolute Gasteiger partial charge is 0.360 e. The standard InChI is InChI=1S/C18H24N4O3S/c1-4-14-15(11(2)21-25-14)18(24)22-8-5-13(6-9-22)16(20-12(3)23)17-19-7-10-26-17/h7,10,13,16H,4-6,8-9H2,1-3H3,(H,20,23). The molecule has 8 heteroatoms. The van der Waals surface area contributed by atoms with Crippen LogP contribution in [0.4, 0.5) is 0 Å². The van der Waals surface area contributed by atoms with E-state index in [0.717, 1.165) is 17.8 Å². The summed E-state index contributed by atoms with van der Waals surface area (Å²) in [4.78, 5) is 30.7. The molecule has 26 heavy (non-hydrogen) atoms. The molecule has 3 rings (SSSR count). The summed E-state index contributed by atoms with van der Waals surface area (Å²) in [6.07, 6.45) is 4.05. The molecular formula is C18H24N4O3S. The third-order valence-corrected chi connectivity index (χ3v) is 5.70. The molecule has 140 valence electrons. The van der Waals surface area contributed by atoms with Crippen molar-refractivity contribution < 1.29 is 14.1 Å². The average molecular weight is 376 g/mol. The monoisotopic (exact) mass is 376 g/mol. The van der Waals surface area contributed by atoms with Gasteiger partial charge in [-0.2, -0.15) is 0 Å². The van der Waals surface area contributed by atoms with Gasteiger partial charge < -0.3 is 14.7 Å². The Hall–Kier alpha value is -2.22. The third-order valence-electron chi connectivity index (χ3n) is 4.84. The molecule has 0 saturated carbocycles. The summed E-state index contributed by atoms with van der Waals surface area (Å²) in [5.74, 6) is 0.845. The van der Waals surface area contributed by atoms with Crippen molar-refractivity contribution >= 4 is 23.2 Å². The first-order valence-corrected chi connectivity index (χ1v) is 9.80. The Labute approximate surface area is 156 Å². The second kappa shape index (κ2) is 7.99. The van der Waals surface area contributed by atoms with Crippen molar-refractivity contribution in [3.63, 3.8) is 0 Å². The number of aromatic nitrogens is 2. The summed E-state index contributed by atoms with van der Waals surface area (Å²) >= 11 is 1.55. The minimum atomic E-state index is -0.0896. The van der Waals surface area contributed by atoms with E-state index in [9.17, 15) is 9.59 Å². The van der Waals surface area contributed by atoms with Crippen LogP contribution in [0.5, 0.6) is 0 Å². The van der Waals surface area contributed by atoms with E-state index in [1.807, 2.05) is 17.2 Å². The highest BCUT2D eigenvalue weighted by atomic mass is 32.1. The second-order valence-corrected chi connectivity index (χ2v) is 7.52. The van der Waals surface area contributed by atoms with Gasteiger partial charge in [0, 0.05) is 38.0 Å². The number of thiazole rings is 1. The smallest absolute Gasteiger partial charge is 0.259 e. The minimum absolute atomic E-state index is 0.00984. The number of hydrogen-bond donors (Lipinski definition) is 1. The highest BCUT2D eigenvalue weighted by Gasteiger charge is 2.33. The van der Waals surface area contributed by atoms with Crippen molar-refractivity contribution in [1.29, 1.82) is 0 Å². The van der Waals surface area contributed by atoms with E-state index in [1.54, 1.807) is 24.5 Å². The van der Waals surface area contributed by atoms with Gasteiger partial charge >= 0.3 is 0 Å². The van der Waals surface area contributed by atoms with Gasteiger partial charge in [0.2, 0.25) is 5.91 Å². The lowest BCUT2D eigenvalue weighted by atomic mass is 9.89.